The van der Waals surface area contributed by atoms with Gasteiger partial charge in [0.1, 0.15) is 5.76 Å². The Balaban J connectivity index is 2.64. The molecule has 0 aliphatic rings. The van der Waals surface area contributed by atoms with E-state index in [1.807, 2.05) is 19.1 Å². The summed E-state index contributed by atoms with van der Waals surface area (Å²) in [6, 6.07) is 3.92. The van der Waals surface area contributed by atoms with Gasteiger partial charge in [0.15, 0.2) is 0 Å². The van der Waals surface area contributed by atoms with Gasteiger partial charge in [-0.25, -0.2) is 5.43 Å². The van der Waals surface area contributed by atoms with Crippen molar-refractivity contribution in [3.8, 4) is 0 Å². The molecule has 1 aromatic rings. The first-order valence-corrected chi connectivity index (χ1v) is 3.38. The van der Waals surface area contributed by atoms with Crippen LogP contribution in [0.4, 0.5) is 0 Å². The first-order chi connectivity index (χ1) is 4.88. The van der Waals surface area contributed by atoms with Crippen LogP contribution in [-0.4, -0.2) is 0 Å². The summed E-state index contributed by atoms with van der Waals surface area (Å²) in [5.41, 5.74) is 2.66. The first-order valence-electron chi connectivity index (χ1n) is 3.38. The van der Waals surface area contributed by atoms with Crippen molar-refractivity contribution in [2.24, 2.45) is 5.84 Å². The first kappa shape index (κ1) is 7.31. The highest BCUT2D eigenvalue weighted by atomic mass is 16.3. The molecule has 0 fully saturated rings. The summed E-state index contributed by atoms with van der Waals surface area (Å²) in [5.74, 6) is 6.16. The number of hydrazine groups is 1. The van der Waals surface area contributed by atoms with Gasteiger partial charge in [0.2, 0.25) is 0 Å². The summed E-state index contributed by atoms with van der Waals surface area (Å²) in [7, 11) is 0. The smallest absolute Gasteiger partial charge is 0.122 e. The lowest BCUT2D eigenvalue weighted by Crippen LogP contribution is -2.26. The molecule has 1 atom stereocenters. The highest BCUT2D eigenvalue weighted by molar-refractivity contribution is 5.03. The van der Waals surface area contributed by atoms with Gasteiger partial charge < -0.3 is 4.42 Å². The van der Waals surface area contributed by atoms with Crippen molar-refractivity contribution in [3.63, 3.8) is 0 Å². The molecule has 1 rings (SSSR count). The van der Waals surface area contributed by atoms with Gasteiger partial charge >= 0.3 is 0 Å². The van der Waals surface area contributed by atoms with Crippen LogP contribution in [0.3, 0.4) is 0 Å². The van der Waals surface area contributed by atoms with Gasteiger partial charge in [-0.1, -0.05) is 6.92 Å². The number of rotatable bonds is 3. The van der Waals surface area contributed by atoms with E-state index in [1.54, 1.807) is 6.26 Å². The predicted octanol–water partition coefficient (Wildman–Crippen LogP) is 1.19. The van der Waals surface area contributed by atoms with Crippen LogP contribution in [0.1, 0.15) is 25.1 Å². The zero-order valence-electron chi connectivity index (χ0n) is 6.00. The van der Waals surface area contributed by atoms with Gasteiger partial charge in [-0.3, -0.25) is 5.84 Å². The van der Waals surface area contributed by atoms with Gasteiger partial charge in [-0.15, -0.1) is 0 Å². The molecular formula is C7H12N2O. The van der Waals surface area contributed by atoms with Gasteiger partial charge in [-0.2, -0.15) is 0 Å². The molecular weight excluding hydrogens is 128 g/mol. The Hall–Kier alpha value is -0.800. The van der Waals surface area contributed by atoms with E-state index in [0.717, 1.165) is 12.2 Å². The largest absolute Gasteiger partial charge is 0.468 e. The van der Waals surface area contributed by atoms with Gasteiger partial charge in [0.25, 0.3) is 0 Å². The molecule has 3 nitrogen and oxygen atoms in total. The molecule has 1 heterocycles. The molecule has 10 heavy (non-hydrogen) atoms. The Morgan fingerprint density at radius 2 is 2.60 bits per heavy atom. The van der Waals surface area contributed by atoms with Crippen molar-refractivity contribution in [2.75, 3.05) is 0 Å². The minimum Gasteiger partial charge on any atom is -0.468 e. The lowest BCUT2D eigenvalue weighted by Gasteiger charge is -2.08. The highest BCUT2D eigenvalue weighted by Crippen LogP contribution is 2.14. The van der Waals surface area contributed by atoms with E-state index >= 15 is 0 Å². The van der Waals surface area contributed by atoms with Crippen LogP contribution in [0.15, 0.2) is 22.8 Å². The second kappa shape index (κ2) is 3.39. The Bertz CT molecular complexity index is 168. The van der Waals surface area contributed by atoms with Crippen molar-refractivity contribution >= 4 is 0 Å². The van der Waals surface area contributed by atoms with Crippen LogP contribution < -0.4 is 11.3 Å². The zero-order valence-corrected chi connectivity index (χ0v) is 6.00. The molecule has 3 heteroatoms. The fourth-order valence-electron chi connectivity index (χ4n) is 0.891. The lowest BCUT2D eigenvalue weighted by molar-refractivity contribution is 0.410. The summed E-state index contributed by atoms with van der Waals surface area (Å²) in [4.78, 5) is 0. The van der Waals surface area contributed by atoms with Crippen molar-refractivity contribution < 1.29 is 4.42 Å². The molecule has 0 amide bonds. The van der Waals surface area contributed by atoms with Gasteiger partial charge in [0, 0.05) is 0 Å². The summed E-state index contributed by atoms with van der Waals surface area (Å²) in [6.07, 6.45) is 2.58. The Kier molecular flexibility index (Phi) is 2.48. The monoisotopic (exact) mass is 140 g/mol. The van der Waals surface area contributed by atoms with E-state index in [0.29, 0.717) is 0 Å². The van der Waals surface area contributed by atoms with Crippen LogP contribution in [0.25, 0.3) is 0 Å². The average molecular weight is 140 g/mol. The van der Waals surface area contributed by atoms with Crippen LogP contribution in [-0.2, 0) is 0 Å². The van der Waals surface area contributed by atoms with E-state index in [4.69, 9.17) is 10.3 Å². The molecule has 56 valence electrons. The molecule has 0 bridgehead atoms. The molecule has 0 aliphatic heterocycles. The second-order valence-electron chi connectivity index (χ2n) is 2.14. The van der Waals surface area contributed by atoms with E-state index in [2.05, 4.69) is 5.43 Å². The fraction of sp³-hybridized carbons (Fsp3) is 0.429. The number of nitrogens with two attached hydrogens (primary N) is 1. The zero-order chi connectivity index (χ0) is 7.40. The highest BCUT2D eigenvalue weighted by Gasteiger charge is 2.07. The van der Waals surface area contributed by atoms with E-state index < -0.39 is 0 Å². The quantitative estimate of drug-likeness (QED) is 0.490. The number of hydrogen-bond donors (Lipinski definition) is 2. The lowest BCUT2D eigenvalue weighted by atomic mass is 10.2. The minimum atomic E-state index is 0.148. The van der Waals surface area contributed by atoms with Crippen molar-refractivity contribution in [1.82, 2.24) is 5.43 Å². The summed E-state index contributed by atoms with van der Waals surface area (Å²) >= 11 is 0. The maximum atomic E-state index is 5.26. The fourth-order valence-corrected chi connectivity index (χ4v) is 0.891. The molecule has 1 aromatic heterocycles. The maximum absolute atomic E-state index is 5.26. The molecule has 0 spiro atoms. The third-order valence-electron chi connectivity index (χ3n) is 1.50. The summed E-state index contributed by atoms with van der Waals surface area (Å²) in [6.45, 7) is 2.05. The third-order valence-corrected chi connectivity index (χ3v) is 1.50. The number of nitrogens with one attached hydrogen (secondary N) is 1. The van der Waals surface area contributed by atoms with Gasteiger partial charge in [-0.05, 0) is 18.6 Å². The molecule has 0 aromatic carbocycles. The summed E-state index contributed by atoms with van der Waals surface area (Å²) < 4.78 is 5.13. The minimum absolute atomic E-state index is 0.148. The number of hydrogen-bond acceptors (Lipinski definition) is 3. The van der Waals surface area contributed by atoms with Crippen LogP contribution in [0, 0.1) is 0 Å². The molecule has 0 saturated carbocycles. The van der Waals surface area contributed by atoms with Crippen LogP contribution in [0.2, 0.25) is 0 Å². The molecule has 0 unspecified atom stereocenters. The predicted molar refractivity (Wildman–Crippen MR) is 39.1 cm³/mol. The second-order valence-corrected chi connectivity index (χ2v) is 2.14. The summed E-state index contributed by atoms with van der Waals surface area (Å²) in [5, 5.41) is 0. The number of furan rings is 1. The van der Waals surface area contributed by atoms with E-state index in [9.17, 15) is 0 Å². The third kappa shape index (κ3) is 1.37. The standard InChI is InChI=1S/C7H12N2O/c1-2-6(9-8)7-4-3-5-10-7/h3-6,9H,2,8H2,1H3/t6-/m1/s1. The van der Waals surface area contributed by atoms with Crippen molar-refractivity contribution in [1.29, 1.82) is 0 Å². The SMILES string of the molecule is CC[C@@H](NN)c1ccco1. The maximum Gasteiger partial charge on any atom is 0.122 e. The Morgan fingerprint density at radius 1 is 1.80 bits per heavy atom. The van der Waals surface area contributed by atoms with Crippen LogP contribution in [0.5, 0.6) is 0 Å². The normalized spacial score (nSPS) is 13.4. The van der Waals surface area contributed by atoms with Gasteiger partial charge in [0.05, 0.1) is 12.3 Å². The van der Waals surface area contributed by atoms with E-state index in [1.165, 1.54) is 0 Å². The Morgan fingerprint density at radius 3 is 3.00 bits per heavy atom. The van der Waals surface area contributed by atoms with E-state index in [-0.39, 0.29) is 6.04 Å². The Labute approximate surface area is 60.2 Å². The van der Waals surface area contributed by atoms with Crippen LogP contribution >= 0.6 is 0 Å². The molecule has 0 aliphatic carbocycles. The topological polar surface area (TPSA) is 51.2 Å². The molecule has 3 N–H and O–H groups in total. The molecule has 0 radical (unpaired) electrons. The molecule has 0 saturated heterocycles. The van der Waals surface area contributed by atoms with Crippen molar-refractivity contribution in [3.05, 3.63) is 24.2 Å². The average Bonchev–Trinajstić information content (AvgIpc) is 2.43. The van der Waals surface area contributed by atoms with Crippen molar-refractivity contribution in [2.45, 2.75) is 19.4 Å².